The van der Waals surface area contributed by atoms with E-state index in [1.54, 1.807) is 0 Å². The molecule has 1 rings (SSSR count). The van der Waals surface area contributed by atoms with Gasteiger partial charge >= 0.3 is 0 Å². The van der Waals surface area contributed by atoms with Crippen LogP contribution in [0.5, 0.6) is 0 Å². The summed E-state index contributed by atoms with van der Waals surface area (Å²) in [5.74, 6) is -0.487. The minimum absolute atomic E-state index is 0.00885. The van der Waals surface area contributed by atoms with Crippen LogP contribution in [0.2, 0.25) is 1.41 Å². The maximum atomic E-state index is 11.9. The number of rotatable bonds is 3. The Labute approximate surface area is 92.3 Å². The summed E-state index contributed by atoms with van der Waals surface area (Å²) in [6, 6.07) is -1.20. The molecule has 15 heavy (non-hydrogen) atoms. The third kappa shape index (κ3) is 2.49. The van der Waals surface area contributed by atoms with Crippen molar-refractivity contribution in [2.45, 2.75) is 46.2 Å². The van der Waals surface area contributed by atoms with Crippen LogP contribution in [-0.4, -0.2) is 23.9 Å². The van der Waals surface area contributed by atoms with Crippen LogP contribution in [0.3, 0.4) is 0 Å². The van der Waals surface area contributed by atoms with Gasteiger partial charge in [0.2, 0.25) is 11.8 Å². The van der Waals surface area contributed by atoms with Gasteiger partial charge in [0.15, 0.2) is 1.41 Å². The molecule has 2 amide bonds. The van der Waals surface area contributed by atoms with Gasteiger partial charge in [0.1, 0.15) is 12.1 Å². The molecule has 1 aliphatic heterocycles. The molecule has 2 N–H and O–H groups in total. The van der Waals surface area contributed by atoms with E-state index in [2.05, 4.69) is 5.32 Å². The average molecular weight is 213 g/mol. The second-order valence-electron chi connectivity index (χ2n) is 4.53. The summed E-state index contributed by atoms with van der Waals surface area (Å²) in [6.07, 6.45) is 0.771. The number of carbonyl (C=O) groups is 2. The number of hydrogen-bond acceptors (Lipinski definition) is 2. The molecule has 1 fully saturated rings. The van der Waals surface area contributed by atoms with Crippen molar-refractivity contribution in [1.82, 2.24) is 10.6 Å². The molecule has 0 aliphatic carbocycles. The summed E-state index contributed by atoms with van der Waals surface area (Å²) >= 11 is 0. The minimum atomic E-state index is -0.646. The van der Waals surface area contributed by atoms with Gasteiger partial charge in [0, 0.05) is 0 Å². The number of carbonyl (C=O) groups excluding carboxylic acids is 2. The lowest BCUT2D eigenvalue weighted by atomic mass is 9.93. The quantitative estimate of drug-likeness (QED) is 0.724. The molecule has 0 radical (unpaired) electrons. The largest absolute Gasteiger partial charge is 0.342 e. The van der Waals surface area contributed by atoms with E-state index in [0.717, 1.165) is 11.7 Å². The lowest BCUT2D eigenvalue weighted by Gasteiger charge is -2.34. The second kappa shape index (κ2) is 4.64. The monoisotopic (exact) mass is 213 g/mol. The van der Waals surface area contributed by atoms with E-state index in [-0.39, 0.29) is 23.7 Å². The van der Waals surface area contributed by atoms with Crippen molar-refractivity contribution in [2.75, 3.05) is 0 Å². The van der Waals surface area contributed by atoms with Crippen molar-refractivity contribution in [1.29, 1.82) is 0 Å². The molecule has 0 aromatic carbocycles. The molecule has 4 heteroatoms. The van der Waals surface area contributed by atoms with Crippen LogP contribution in [0.4, 0.5) is 0 Å². The van der Waals surface area contributed by atoms with Crippen LogP contribution in [-0.2, 0) is 9.59 Å². The van der Waals surface area contributed by atoms with Crippen LogP contribution in [0, 0.1) is 11.8 Å². The molecule has 86 valence electrons. The molecule has 0 spiro atoms. The molecule has 0 bridgehead atoms. The molecular weight excluding hydrogens is 192 g/mol. The highest BCUT2D eigenvalue weighted by Crippen LogP contribution is 2.14. The van der Waals surface area contributed by atoms with Gasteiger partial charge < -0.3 is 10.6 Å². The van der Waals surface area contributed by atoms with Crippen LogP contribution in [0.15, 0.2) is 0 Å². The zero-order chi connectivity index (χ0) is 12.5. The summed E-state index contributed by atoms with van der Waals surface area (Å²) in [5.41, 5.74) is 0. The Morgan fingerprint density at radius 2 is 1.87 bits per heavy atom. The Kier molecular flexibility index (Phi) is 3.23. The van der Waals surface area contributed by atoms with Gasteiger partial charge in [-0.05, 0) is 11.8 Å². The SMILES string of the molecule is [2H]N1C(=O)[C@H](C(C)C)NC(=O)[C@@H]1[C@@H](C)CC. The first-order valence-corrected chi connectivity index (χ1v) is 5.52. The van der Waals surface area contributed by atoms with Crippen LogP contribution < -0.4 is 10.6 Å². The smallest absolute Gasteiger partial charge is 0.243 e. The zero-order valence-electron chi connectivity index (χ0n) is 10.8. The van der Waals surface area contributed by atoms with Gasteiger partial charge in [-0.25, -0.2) is 0 Å². The fourth-order valence-electron chi connectivity index (χ4n) is 1.64. The van der Waals surface area contributed by atoms with E-state index in [4.69, 9.17) is 1.41 Å². The van der Waals surface area contributed by atoms with Crippen molar-refractivity contribution < 1.29 is 11.0 Å². The van der Waals surface area contributed by atoms with E-state index in [1.807, 2.05) is 27.7 Å². The predicted octanol–water partition coefficient (Wildman–Crippen LogP) is 0.672. The van der Waals surface area contributed by atoms with Gasteiger partial charge in [-0.2, -0.15) is 0 Å². The zero-order valence-corrected chi connectivity index (χ0v) is 9.78. The lowest BCUT2D eigenvalue weighted by Crippen LogP contribution is -2.64. The standard InChI is InChI=1S/C11H20N2O2/c1-5-7(4)9-11(15)12-8(6(2)3)10(14)13-9/h6-9H,5H2,1-4H3,(H,12,15)(H,13,14)/t7-,8-,9-/m0/s1/i/hD. The van der Waals surface area contributed by atoms with Gasteiger partial charge in [-0.1, -0.05) is 34.1 Å². The highest BCUT2D eigenvalue weighted by atomic mass is 16.2. The van der Waals surface area contributed by atoms with E-state index in [1.165, 1.54) is 0 Å². The van der Waals surface area contributed by atoms with Crippen molar-refractivity contribution >= 4 is 11.8 Å². The maximum absolute atomic E-state index is 11.9. The summed E-state index contributed by atoms with van der Waals surface area (Å²) in [4.78, 5) is 23.7. The Hall–Kier alpha value is -1.06. The van der Waals surface area contributed by atoms with Crippen LogP contribution in [0.1, 0.15) is 34.1 Å². The first-order valence-electron chi connectivity index (χ1n) is 5.97. The van der Waals surface area contributed by atoms with Gasteiger partial charge in [-0.15, -0.1) is 0 Å². The number of amides is 2. The van der Waals surface area contributed by atoms with E-state index in [0.29, 0.717) is 0 Å². The van der Waals surface area contributed by atoms with Crippen molar-refractivity contribution in [3.63, 3.8) is 0 Å². The van der Waals surface area contributed by atoms with Gasteiger partial charge in [0.25, 0.3) is 0 Å². The topological polar surface area (TPSA) is 58.2 Å². The number of nitrogens with one attached hydrogen (secondary N) is 2. The van der Waals surface area contributed by atoms with E-state index < -0.39 is 12.1 Å². The van der Waals surface area contributed by atoms with E-state index in [9.17, 15) is 9.59 Å². The van der Waals surface area contributed by atoms with Gasteiger partial charge in [-0.3, -0.25) is 9.59 Å². The predicted molar refractivity (Wildman–Crippen MR) is 58.2 cm³/mol. The Balaban J connectivity index is 2.88. The Morgan fingerprint density at radius 3 is 2.33 bits per heavy atom. The highest BCUT2D eigenvalue weighted by Gasteiger charge is 2.37. The first kappa shape index (κ1) is 10.5. The molecule has 4 nitrogen and oxygen atoms in total. The molecule has 3 atom stereocenters. The van der Waals surface area contributed by atoms with Crippen LogP contribution >= 0.6 is 0 Å². The minimum Gasteiger partial charge on any atom is -0.342 e. The number of piperazine rings is 1. The normalized spacial score (nSPS) is 30.2. The molecule has 1 saturated heterocycles. The molecule has 0 aromatic rings. The van der Waals surface area contributed by atoms with Gasteiger partial charge in [0.05, 0.1) is 0 Å². The molecule has 0 aromatic heterocycles. The third-order valence-electron chi connectivity index (χ3n) is 2.95. The molecule has 1 heterocycles. The van der Waals surface area contributed by atoms with Crippen molar-refractivity contribution in [2.24, 2.45) is 11.8 Å². The average Bonchev–Trinajstić information content (AvgIpc) is 2.22. The fraction of sp³-hybridized carbons (Fsp3) is 0.818. The van der Waals surface area contributed by atoms with Crippen LogP contribution in [0.25, 0.3) is 0 Å². The Bertz CT molecular complexity index is 294. The summed E-state index contributed by atoms with van der Waals surface area (Å²) < 4.78 is 7.75. The van der Waals surface area contributed by atoms with Crippen molar-refractivity contribution in [3.05, 3.63) is 0 Å². The first-order chi connectivity index (χ1) is 7.40. The van der Waals surface area contributed by atoms with E-state index >= 15 is 0 Å². The summed E-state index contributed by atoms with van der Waals surface area (Å²) in [7, 11) is 0. The molecular formula is C11H20N2O2. The highest BCUT2D eigenvalue weighted by molar-refractivity contribution is 5.97. The molecule has 1 aliphatic rings. The maximum Gasteiger partial charge on any atom is 0.243 e. The second-order valence-corrected chi connectivity index (χ2v) is 4.53. The van der Waals surface area contributed by atoms with Crippen molar-refractivity contribution in [3.8, 4) is 0 Å². The fourth-order valence-corrected chi connectivity index (χ4v) is 1.64. The lowest BCUT2D eigenvalue weighted by molar-refractivity contribution is -0.139. The Morgan fingerprint density at radius 1 is 1.27 bits per heavy atom. The number of hydrogen-bond donors (Lipinski definition) is 2. The summed E-state index contributed by atoms with van der Waals surface area (Å²) in [6.45, 7) is 7.56. The summed E-state index contributed by atoms with van der Waals surface area (Å²) in [5, 5.41) is 3.57. The molecule has 0 saturated carbocycles. The third-order valence-corrected chi connectivity index (χ3v) is 2.95. The molecule has 0 unspecified atom stereocenters.